The van der Waals surface area contributed by atoms with Crippen LogP contribution in [0, 0.1) is 11.8 Å². The van der Waals surface area contributed by atoms with Gasteiger partial charge in [0.2, 0.25) is 0 Å². The summed E-state index contributed by atoms with van der Waals surface area (Å²) < 4.78 is 10.3. The Kier molecular flexibility index (Phi) is 5.80. The van der Waals surface area contributed by atoms with Crippen molar-refractivity contribution in [3.05, 3.63) is 33.7 Å². The summed E-state index contributed by atoms with van der Waals surface area (Å²) in [6, 6.07) is 3.21. The maximum atomic E-state index is 11.0. The van der Waals surface area contributed by atoms with Gasteiger partial charge in [-0.1, -0.05) is 17.0 Å². The summed E-state index contributed by atoms with van der Waals surface area (Å²) in [5, 5.41) is 3.37. The first-order valence-electron chi connectivity index (χ1n) is 5.47. The molecular formula is C13H13N3O3. The summed E-state index contributed by atoms with van der Waals surface area (Å²) in [6.07, 6.45) is 1.14. The molecule has 0 heterocycles. The highest BCUT2D eigenvalue weighted by Crippen LogP contribution is 2.29. The Morgan fingerprint density at radius 3 is 2.63 bits per heavy atom. The first kappa shape index (κ1) is 14.4. The van der Waals surface area contributed by atoms with E-state index in [1.807, 2.05) is 0 Å². The maximum Gasteiger partial charge on any atom is 0.162 e. The fourth-order valence-corrected chi connectivity index (χ4v) is 1.41. The van der Waals surface area contributed by atoms with E-state index in [9.17, 15) is 4.79 Å². The van der Waals surface area contributed by atoms with Crippen LogP contribution in [-0.2, 0) is 0 Å². The van der Waals surface area contributed by atoms with Crippen LogP contribution in [0.2, 0.25) is 0 Å². The van der Waals surface area contributed by atoms with Gasteiger partial charge >= 0.3 is 0 Å². The van der Waals surface area contributed by atoms with Crippen LogP contribution in [-0.4, -0.2) is 27.1 Å². The minimum atomic E-state index is 0.299. The van der Waals surface area contributed by atoms with Gasteiger partial charge in [0.05, 0.1) is 14.2 Å². The monoisotopic (exact) mass is 259 g/mol. The first-order chi connectivity index (χ1) is 9.26. The van der Waals surface area contributed by atoms with Crippen molar-refractivity contribution in [3.8, 4) is 23.3 Å². The molecule has 0 spiro atoms. The van der Waals surface area contributed by atoms with Gasteiger partial charge in [-0.25, -0.2) is 0 Å². The average molecular weight is 259 g/mol. The zero-order valence-corrected chi connectivity index (χ0v) is 10.7. The van der Waals surface area contributed by atoms with E-state index < -0.39 is 0 Å². The molecule has 0 aromatic heterocycles. The zero-order valence-electron chi connectivity index (χ0n) is 10.7. The molecule has 0 N–H and O–H groups in total. The summed E-state index contributed by atoms with van der Waals surface area (Å²) in [4.78, 5) is 13.6. The van der Waals surface area contributed by atoms with Gasteiger partial charge < -0.3 is 9.47 Å². The Labute approximate surface area is 111 Å². The van der Waals surface area contributed by atoms with Crippen LogP contribution in [0.1, 0.15) is 22.3 Å². The Bertz CT molecular complexity index is 566. The number of ether oxygens (including phenoxy) is 2. The van der Waals surface area contributed by atoms with Gasteiger partial charge in [-0.15, -0.1) is 0 Å². The lowest BCUT2D eigenvalue weighted by Crippen LogP contribution is -1.95. The molecule has 0 unspecified atom stereocenters. The zero-order chi connectivity index (χ0) is 14.1. The number of hydrogen-bond donors (Lipinski definition) is 0. The van der Waals surface area contributed by atoms with Crippen molar-refractivity contribution < 1.29 is 14.3 Å². The minimum Gasteiger partial charge on any atom is -0.493 e. The second-order valence-corrected chi connectivity index (χ2v) is 3.42. The third-order valence-corrected chi connectivity index (χ3v) is 2.31. The number of aldehydes is 1. The van der Waals surface area contributed by atoms with Crippen LogP contribution in [0.4, 0.5) is 0 Å². The summed E-state index contributed by atoms with van der Waals surface area (Å²) in [5.74, 6) is 6.66. The number of hydrogen-bond acceptors (Lipinski definition) is 4. The van der Waals surface area contributed by atoms with E-state index in [2.05, 4.69) is 21.9 Å². The third kappa shape index (κ3) is 3.95. The molecule has 0 aliphatic heterocycles. The number of carbonyl (C=O) groups excluding carboxylic acids is 1. The predicted octanol–water partition coefficient (Wildman–Crippen LogP) is 2.57. The average Bonchev–Trinajstić information content (AvgIpc) is 2.46. The van der Waals surface area contributed by atoms with Gasteiger partial charge in [0.1, 0.15) is 0 Å². The van der Waals surface area contributed by atoms with Crippen LogP contribution in [0.15, 0.2) is 17.2 Å². The van der Waals surface area contributed by atoms with E-state index in [4.69, 9.17) is 15.0 Å². The summed E-state index contributed by atoms with van der Waals surface area (Å²) in [6.45, 7) is 0.299. The summed E-state index contributed by atoms with van der Waals surface area (Å²) >= 11 is 0. The van der Waals surface area contributed by atoms with E-state index in [-0.39, 0.29) is 0 Å². The summed E-state index contributed by atoms with van der Waals surface area (Å²) in [5.41, 5.74) is 9.10. The topological polar surface area (TPSA) is 84.3 Å². The number of benzene rings is 1. The molecule has 0 aliphatic carbocycles. The van der Waals surface area contributed by atoms with E-state index in [0.717, 1.165) is 0 Å². The lowest BCUT2D eigenvalue weighted by atomic mass is 10.1. The molecule has 19 heavy (non-hydrogen) atoms. The molecule has 0 bridgehead atoms. The van der Waals surface area contributed by atoms with Crippen LogP contribution in [0.5, 0.6) is 11.5 Å². The van der Waals surface area contributed by atoms with Crippen molar-refractivity contribution in [3.63, 3.8) is 0 Å². The number of rotatable bonds is 5. The van der Waals surface area contributed by atoms with Gasteiger partial charge in [0.25, 0.3) is 0 Å². The highest BCUT2D eigenvalue weighted by molar-refractivity contribution is 5.81. The molecule has 6 heteroatoms. The molecule has 98 valence electrons. The van der Waals surface area contributed by atoms with Crippen molar-refractivity contribution in [2.75, 3.05) is 20.8 Å². The molecule has 1 rings (SSSR count). The molecule has 0 saturated heterocycles. The van der Waals surface area contributed by atoms with Crippen LogP contribution < -0.4 is 9.47 Å². The second kappa shape index (κ2) is 7.64. The van der Waals surface area contributed by atoms with Crippen molar-refractivity contribution in [2.24, 2.45) is 5.11 Å². The molecule has 0 radical (unpaired) electrons. The fourth-order valence-electron chi connectivity index (χ4n) is 1.41. The van der Waals surface area contributed by atoms with E-state index in [1.54, 1.807) is 12.1 Å². The van der Waals surface area contributed by atoms with Crippen LogP contribution in [0.3, 0.4) is 0 Å². The van der Waals surface area contributed by atoms with Gasteiger partial charge in [-0.2, -0.15) is 0 Å². The molecule has 1 aromatic rings. The largest absolute Gasteiger partial charge is 0.493 e. The first-order valence-corrected chi connectivity index (χ1v) is 5.47. The maximum absolute atomic E-state index is 11.0. The van der Waals surface area contributed by atoms with Gasteiger partial charge in [-0.05, 0) is 11.6 Å². The highest BCUT2D eigenvalue weighted by atomic mass is 16.5. The summed E-state index contributed by atoms with van der Waals surface area (Å²) in [7, 11) is 3.01. The molecular weight excluding hydrogens is 246 g/mol. The van der Waals surface area contributed by atoms with Gasteiger partial charge in [-0.3, -0.25) is 4.79 Å². The number of azide groups is 1. The van der Waals surface area contributed by atoms with Crippen molar-refractivity contribution in [1.82, 2.24) is 0 Å². The molecule has 6 nitrogen and oxygen atoms in total. The molecule has 0 atom stereocenters. The highest BCUT2D eigenvalue weighted by Gasteiger charge is 2.08. The standard InChI is InChI=1S/C13H13N3O3/c1-18-12-7-10(5-3-4-6-15-16-14)11(9-17)8-13(12)19-2/h7-9H,4,6H2,1-2H3. The smallest absolute Gasteiger partial charge is 0.162 e. The minimum absolute atomic E-state index is 0.299. The van der Waals surface area contributed by atoms with Gasteiger partial charge in [0.15, 0.2) is 17.8 Å². The van der Waals surface area contributed by atoms with E-state index >= 15 is 0 Å². The normalized spacial score (nSPS) is 8.74. The van der Waals surface area contributed by atoms with Crippen LogP contribution >= 0.6 is 0 Å². The molecule has 0 saturated carbocycles. The Balaban J connectivity index is 3.04. The second-order valence-electron chi connectivity index (χ2n) is 3.42. The van der Waals surface area contributed by atoms with E-state index in [1.165, 1.54) is 14.2 Å². The quantitative estimate of drug-likeness (QED) is 0.203. The molecule has 1 aromatic carbocycles. The van der Waals surface area contributed by atoms with Crippen molar-refractivity contribution in [1.29, 1.82) is 0 Å². The predicted molar refractivity (Wildman–Crippen MR) is 70.4 cm³/mol. The van der Waals surface area contributed by atoms with Crippen molar-refractivity contribution in [2.45, 2.75) is 6.42 Å². The molecule has 0 amide bonds. The fraction of sp³-hybridized carbons (Fsp3) is 0.308. The lowest BCUT2D eigenvalue weighted by molar-refractivity contribution is 0.112. The number of carbonyl (C=O) groups is 1. The van der Waals surface area contributed by atoms with E-state index in [0.29, 0.717) is 41.9 Å². The van der Waals surface area contributed by atoms with Gasteiger partial charge in [0, 0.05) is 35.1 Å². The van der Waals surface area contributed by atoms with Crippen molar-refractivity contribution >= 4 is 6.29 Å². The third-order valence-electron chi connectivity index (χ3n) is 2.31. The Hall–Kier alpha value is -2.64. The Morgan fingerprint density at radius 2 is 2.05 bits per heavy atom. The lowest BCUT2D eigenvalue weighted by Gasteiger charge is -2.09. The number of nitrogens with zero attached hydrogens (tertiary/aromatic N) is 3. The number of methoxy groups -OCH3 is 2. The Morgan fingerprint density at radius 1 is 1.37 bits per heavy atom. The molecule has 0 aliphatic rings. The SMILES string of the molecule is COc1cc(C#CCCN=[N+]=[N-])c(C=O)cc1OC. The molecule has 0 fully saturated rings. The van der Waals surface area contributed by atoms with Crippen LogP contribution in [0.25, 0.3) is 10.4 Å².